The van der Waals surface area contributed by atoms with E-state index in [4.69, 9.17) is 10.00 Å². The summed E-state index contributed by atoms with van der Waals surface area (Å²) in [6.45, 7) is 0.328. The normalized spacial score (nSPS) is 15.1. The summed E-state index contributed by atoms with van der Waals surface area (Å²) in [7, 11) is -3.68. The van der Waals surface area contributed by atoms with Crippen molar-refractivity contribution in [3.05, 3.63) is 65.7 Å². The molecule has 9 heteroatoms. The number of rotatable bonds is 7. The van der Waals surface area contributed by atoms with Crippen LogP contribution in [0.1, 0.15) is 24.0 Å². The van der Waals surface area contributed by atoms with E-state index in [0.29, 0.717) is 18.4 Å². The summed E-state index contributed by atoms with van der Waals surface area (Å²) in [5, 5.41) is 11.4. The van der Waals surface area contributed by atoms with Crippen molar-refractivity contribution in [3.8, 4) is 6.07 Å². The molecule has 3 rings (SSSR count). The van der Waals surface area contributed by atoms with E-state index < -0.39 is 16.0 Å². The predicted molar refractivity (Wildman–Crippen MR) is 112 cm³/mol. The minimum Gasteiger partial charge on any atom is -0.460 e. The number of esters is 1. The molecule has 8 nitrogen and oxygen atoms in total. The van der Waals surface area contributed by atoms with Gasteiger partial charge in [0, 0.05) is 19.0 Å². The number of nitriles is 1. The second kappa shape index (κ2) is 10.2. The van der Waals surface area contributed by atoms with E-state index in [1.54, 1.807) is 0 Å². The summed E-state index contributed by atoms with van der Waals surface area (Å²) in [6, 6.07) is 16.9. The highest BCUT2D eigenvalue weighted by molar-refractivity contribution is 7.89. The molecular formula is C22H23N3O5S. The summed E-state index contributed by atoms with van der Waals surface area (Å²) in [6.07, 6.45) is 0.723. The number of hydrogen-bond acceptors (Lipinski definition) is 6. The van der Waals surface area contributed by atoms with Crippen molar-refractivity contribution in [1.82, 2.24) is 9.62 Å². The highest BCUT2D eigenvalue weighted by Crippen LogP contribution is 2.24. The molecule has 0 aliphatic carbocycles. The number of benzene rings is 2. The van der Waals surface area contributed by atoms with Crippen LogP contribution in [0, 0.1) is 17.2 Å². The fourth-order valence-corrected chi connectivity index (χ4v) is 4.77. The molecular weight excluding hydrogens is 418 g/mol. The molecule has 1 heterocycles. The van der Waals surface area contributed by atoms with Crippen molar-refractivity contribution >= 4 is 21.9 Å². The molecule has 0 aromatic heterocycles. The van der Waals surface area contributed by atoms with Crippen molar-refractivity contribution in [2.75, 3.05) is 19.6 Å². The standard InChI is InChI=1S/C22H23N3O5S/c23-14-17-6-8-20(9-7-17)31(28,29)25-12-10-19(11-13-25)22(27)24-15-21(26)30-16-18-4-2-1-3-5-18/h1-9,19H,10-13,15-16H2,(H,24,27). The largest absolute Gasteiger partial charge is 0.460 e. The molecule has 0 bridgehead atoms. The van der Waals surface area contributed by atoms with Gasteiger partial charge in [0.15, 0.2) is 0 Å². The lowest BCUT2D eigenvalue weighted by atomic mass is 9.97. The number of ether oxygens (including phenoxy) is 1. The first kappa shape index (κ1) is 22.5. The molecule has 1 amide bonds. The summed E-state index contributed by atoms with van der Waals surface area (Å²) in [5.41, 5.74) is 1.25. The van der Waals surface area contributed by atoms with Crippen LogP contribution in [0.5, 0.6) is 0 Å². The summed E-state index contributed by atoms with van der Waals surface area (Å²) in [4.78, 5) is 24.3. The zero-order valence-corrected chi connectivity index (χ0v) is 17.7. The van der Waals surface area contributed by atoms with Crippen LogP contribution in [-0.4, -0.2) is 44.2 Å². The molecule has 2 aromatic carbocycles. The first-order valence-corrected chi connectivity index (χ1v) is 11.3. The van der Waals surface area contributed by atoms with E-state index in [0.717, 1.165) is 5.56 Å². The van der Waals surface area contributed by atoms with Gasteiger partial charge in [-0.2, -0.15) is 9.57 Å². The lowest BCUT2D eigenvalue weighted by Crippen LogP contribution is -2.44. The van der Waals surface area contributed by atoms with Gasteiger partial charge in [0.2, 0.25) is 15.9 Å². The topological polar surface area (TPSA) is 117 Å². The second-order valence-electron chi connectivity index (χ2n) is 7.18. The van der Waals surface area contributed by atoms with Crippen molar-refractivity contribution in [1.29, 1.82) is 5.26 Å². The first-order chi connectivity index (χ1) is 14.9. The fraction of sp³-hybridized carbons (Fsp3) is 0.318. The monoisotopic (exact) mass is 441 g/mol. The number of amides is 1. The Morgan fingerprint density at radius 3 is 2.32 bits per heavy atom. The highest BCUT2D eigenvalue weighted by atomic mass is 32.2. The van der Waals surface area contributed by atoms with Crippen LogP contribution < -0.4 is 5.32 Å². The van der Waals surface area contributed by atoms with Gasteiger partial charge in [-0.1, -0.05) is 30.3 Å². The predicted octanol–water partition coefficient (Wildman–Crippen LogP) is 1.82. The van der Waals surface area contributed by atoms with E-state index >= 15 is 0 Å². The zero-order chi connectivity index (χ0) is 22.3. The first-order valence-electron chi connectivity index (χ1n) is 9.88. The number of nitrogens with zero attached hydrogens (tertiary/aromatic N) is 2. The Hall–Kier alpha value is -3.22. The lowest BCUT2D eigenvalue weighted by molar-refractivity contribution is -0.145. The van der Waals surface area contributed by atoms with Crippen LogP contribution in [-0.2, 0) is 31.0 Å². The van der Waals surface area contributed by atoms with Crippen LogP contribution >= 0.6 is 0 Å². The molecule has 31 heavy (non-hydrogen) atoms. The van der Waals surface area contributed by atoms with Crippen LogP contribution in [0.2, 0.25) is 0 Å². The highest BCUT2D eigenvalue weighted by Gasteiger charge is 2.32. The van der Waals surface area contributed by atoms with Gasteiger partial charge in [0.05, 0.1) is 16.5 Å². The SMILES string of the molecule is N#Cc1ccc(S(=O)(=O)N2CCC(C(=O)NCC(=O)OCc3ccccc3)CC2)cc1. The van der Waals surface area contributed by atoms with Crippen molar-refractivity contribution in [2.45, 2.75) is 24.3 Å². The maximum absolute atomic E-state index is 12.7. The van der Waals surface area contributed by atoms with Gasteiger partial charge in [-0.25, -0.2) is 8.42 Å². The molecule has 0 spiro atoms. The molecule has 1 saturated heterocycles. The summed E-state index contributed by atoms with van der Waals surface area (Å²) < 4.78 is 32.0. The Bertz CT molecular complexity index is 1050. The third-order valence-electron chi connectivity index (χ3n) is 5.10. The van der Waals surface area contributed by atoms with E-state index in [2.05, 4.69) is 5.32 Å². The molecule has 0 saturated carbocycles. The van der Waals surface area contributed by atoms with Crippen molar-refractivity contribution in [3.63, 3.8) is 0 Å². The van der Waals surface area contributed by atoms with Crippen LogP contribution in [0.15, 0.2) is 59.5 Å². The zero-order valence-electron chi connectivity index (χ0n) is 16.9. The van der Waals surface area contributed by atoms with Gasteiger partial charge in [-0.15, -0.1) is 0 Å². The van der Waals surface area contributed by atoms with Gasteiger partial charge < -0.3 is 10.1 Å². The Labute approximate surface area is 181 Å². The van der Waals surface area contributed by atoms with Crippen molar-refractivity contribution < 1.29 is 22.7 Å². The molecule has 1 aliphatic heterocycles. The van der Waals surface area contributed by atoms with Crippen LogP contribution in [0.3, 0.4) is 0 Å². The van der Waals surface area contributed by atoms with Crippen LogP contribution in [0.25, 0.3) is 0 Å². The summed E-state index contributed by atoms with van der Waals surface area (Å²) in [5.74, 6) is -1.18. The minimum absolute atomic E-state index is 0.121. The number of carbonyl (C=O) groups excluding carboxylic acids is 2. The number of piperidine rings is 1. The molecule has 0 atom stereocenters. The fourth-order valence-electron chi connectivity index (χ4n) is 3.30. The van der Waals surface area contributed by atoms with Gasteiger partial charge in [0.25, 0.3) is 0 Å². The van der Waals surface area contributed by atoms with Gasteiger partial charge >= 0.3 is 5.97 Å². The summed E-state index contributed by atoms with van der Waals surface area (Å²) >= 11 is 0. The molecule has 0 unspecified atom stereocenters. The van der Waals surface area contributed by atoms with Crippen molar-refractivity contribution in [2.24, 2.45) is 5.92 Å². The number of hydrogen-bond donors (Lipinski definition) is 1. The average Bonchev–Trinajstić information content (AvgIpc) is 2.82. The third-order valence-corrected chi connectivity index (χ3v) is 7.01. The lowest BCUT2D eigenvalue weighted by Gasteiger charge is -2.30. The second-order valence-corrected chi connectivity index (χ2v) is 9.12. The van der Waals surface area contributed by atoms with E-state index in [1.165, 1.54) is 28.6 Å². The Balaban J connectivity index is 1.44. The maximum atomic E-state index is 12.7. The van der Waals surface area contributed by atoms with E-state index in [1.807, 2.05) is 36.4 Å². The number of sulfonamides is 1. The molecule has 2 aromatic rings. The Kier molecular flexibility index (Phi) is 7.39. The van der Waals surface area contributed by atoms with Crippen LogP contribution in [0.4, 0.5) is 0 Å². The minimum atomic E-state index is -3.68. The van der Waals surface area contributed by atoms with E-state index in [9.17, 15) is 18.0 Å². The molecule has 1 aliphatic rings. The molecule has 162 valence electrons. The third kappa shape index (κ3) is 5.90. The molecule has 1 N–H and O–H groups in total. The van der Waals surface area contributed by atoms with Gasteiger partial charge in [-0.05, 0) is 42.7 Å². The average molecular weight is 442 g/mol. The Morgan fingerprint density at radius 1 is 1.06 bits per heavy atom. The molecule has 0 radical (unpaired) electrons. The van der Waals surface area contributed by atoms with E-state index in [-0.39, 0.29) is 43.0 Å². The van der Waals surface area contributed by atoms with Gasteiger partial charge in [-0.3, -0.25) is 9.59 Å². The number of nitrogens with one attached hydrogen (secondary N) is 1. The Morgan fingerprint density at radius 2 is 1.71 bits per heavy atom. The maximum Gasteiger partial charge on any atom is 0.325 e. The quantitative estimate of drug-likeness (QED) is 0.655. The number of carbonyl (C=O) groups is 2. The van der Waals surface area contributed by atoms with Gasteiger partial charge in [0.1, 0.15) is 13.2 Å². The smallest absolute Gasteiger partial charge is 0.325 e. The molecule has 1 fully saturated rings.